The van der Waals surface area contributed by atoms with Crippen molar-refractivity contribution >= 4 is 29.7 Å². The second-order valence-electron chi connectivity index (χ2n) is 8.33. The molecule has 9 heteroatoms. The van der Waals surface area contributed by atoms with E-state index in [1.807, 2.05) is 0 Å². The summed E-state index contributed by atoms with van der Waals surface area (Å²) in [7, 11) is 0. The van der Waals surface area contributed by atoms with Gasteiger partial charge in [-0.1, -0.05) is 26.3 Å². The van der Waals surface area contributed by atoms with E-state index in [-0.39, 0.29) is 56.4 Å². The summed E-state index contributed by atoms with van der Waals surface area (Å²) in [6.07, 6.45) is 0. The van der Waals surface area contributed by atoms with E-state index >= 15 is 0 Å². The summed E-state index contributed by atoms with van der Waals surface area (Å²) in [6, 6.07) is 7.58. The Kier molecular flexibility index (Phi) is 9.42. The first kappa shape index (κ1) is 29.2. The van der Waals surface area contributed by atoms with Crippen LogP contribution in [0, 0.1) is 0 Å². The normalized spacial score (nSPS) is 10.0. The fraction of sp³-hybridized carbons (Fsp3) is 0.138. The number of carbonyl (C=O) groups excluding carboxylic acids is 5. The van der Waals surface area contributed by atoms with Crippen LogP contribution in [0.4, 0.5) is 0 Å². The van der Waals surface area contributed by atoms with Gasteiger partial charge in [0, 0.05) is 33.9 Å². The van der Waals surface area contributed by atoms with Gasteiger partial charge in [-0.2, -0.15) is 0 Å². The number of hydrogen-bond acceptors (Lipinski definition) is 9. The van der Waals surface area contributed by atoms with Crippen molar-refractivity contribution in [2.75, 3.05) is 0 Å². The van der Waals surface area contributed by atoms with Crippen molar-refractivity contribution in [2.45, 2.75) is 27.7 Å². The maximum atomic E-state index is 13.5. The summed E-state index contributed by atoms with van der Waals surface area (Å²) in [6.45, 7) is 19.8. The van der Waals surface area contributed by atoms with Crippen molar-refractivity contribution < 1.29 is 42.9 Å². The van der Waals surface area contributed by atoms with Crippen LogP contribution in [0.25, 0.3) is 0 Å². The molecule has 0 aliphatic rings. The minimum absolute atomic E-state index is 0.00259. The van der Waals surface area contributed by atoms with Gasteiger partial charge in [-0.15, -0.1) is 0 Å². The predicted octanol–water partition coefficient (Wildman–Crippen LogP) is 4.84. The van der Waals surface area contributed by atoms with Crippen LogP contribution in [0.3, 0.4) is 0 Å². The average Bonchev–Trinajstić information content (AvgIpc) is 2.84. The molecule has 9 nitrogen and oxygen atoms in total. The molecule has 0 N–H and O–H groups in total. The second-order valence-corrected chi connectivity index (χ2v) is 8.33. The van der Waals surface area contributed by atoms with Crippen LogP contribution >= 0.6 is 0 Å². The number of ether oxygens (including phenoxy) is 4. The summed E-state index contributed by atoms with van der Waals surface area (Å²) in [4.78, 5) is 61.8. The molecule has 0 unspecified atom stereocenters. The first-order valence-corrected chi connectivity index (χ1v) is 11.0. The molecule has 0 heterocycles. The van der Waals surface area contributed by atoms with Gasteiger partial charge >= 0.3 is 23.9 Å². The first-order valence-electron chi connectivity index (χ1n) is 11.0. The topological polar surface area (TPSA) is 122 Å². The zero-order chi connectivity index (χ0) is 28.7. The lowest BCUT2D eigenvalue weighted by Gasteiger charge is -2.14. The number of benzene rings is 2. The lowest BCUT2D eigenvalue weighted by molar-refractivity contribution is -0.132. The minimum atomic E-state index is -0.819. The van der Waals surface area contributed by atoms with Crippen molar-refractivity contribution in [1.29, 1.82) is 0 Å². The molecule has 0 saturated carbocycles. The van der Waals surface area contributed by atoms with Crippen molar-refractivity contribution in [3.05, 3.63) is 96.1 Å². The maximum Gasteiger partial charge on any atom is 0.338 e. The Morgan fingerprint density at radius 3 is 1.47 bits per heavy atom. The number of hydrogen-bond donors (Lipinski definition) is 0. The fourth-order valence-electron chi connectivity index (χ4n) is 2.56. The molecule has 0 aliphatic heterocycles. The van der Waals surface area contributed by atoms with Crippen LogP contribution in [-0.4, -0.2) is 29.7 Å². The number of ketones is 1. The van der Waals surface area contributed by atoms with Crippen LogP contribution in [-0.2, 0) is 19.2 Å². The summed E-state index contributed by atoms with van der Waals surface area (Å²) in [5.74, 6) is -4.37. The Morgan fingerprint density at radius 1 is 0.526 bits per heavy atom. The van der Waals surface area contributed by atoms with Crippen molar-refractivity contribution in [3.8, 4) is 23.0 Å². The van der Waals surface area contributed by atoms with Gasteiger partial charge in [-0.3, -0.25) is 4.79 Å². The largest absolute Gasteiger partial charge is 0.423 e. The molecule has 2 aromatic carbocycles. The highest BCUT2D eigenvalue weighted by molar-refractivity contribution is 6.12. The van der Waals surface area contributed by atoms with E-state index in [0.29, 0.717) is 0 Å². The standard InChI is InChI=1S/C29H26O9/c1-15(2)26(31)35-20-10-11-21(23(14-20)37-28(33)17(5)6)25(30)19-9-12-22(36-27(32)16(3)4)24(13-19)38-29(34)18(7)8/h9-14H,1,3,5,7H2,2,4,6,8H3. The number of carbonyl (C=O) groups is 5. The molecular weight excluding hydrogens is 492 g/mol. The monoisotopic (exact) mass is 518 g/mol. The lowest BCUT2D eigenvalue weighted by Crippen LogP contribution is -2.15. The zero-order valence-electron chi connectivity index (χ0n) is 21.5. The molecule has 196 valence electrons. The summed E-state index contributed by atoms with van der Waals surface area (Å²) in [5.41, 5.74) is 0.259. The lowest BCUT2D eigenvalue weighted by atomic mass is 10.0. The molecule has 0 aromatic heterocycles. The summed E-state index contributed by atoms with van der Waals surface area (Å²) in [5, 5.41) is 0. The molecule has 0 saturated heterocycles. The molecule has 0 amide bonds. The van der Waals surface area contributed by atoms with E-state index in [2.05, 4.69) is 26.3 Å². The maximum absolute atomic E-state index is 13.5. The Balaban J connectivity index is 2.58. The molecule has 0 bridgehead atoms. The summed E-state index contributed by atoms with van der Waals surface area (Å²) < 4.78 is 21.0. The predicted molar refractivity (Wildman–Crippen MR) is 138 cm³/mol. The summed E-state index contributed by atoms with van der Waals surface area (Å²) >= 11 is 0. The van der Waals surface area contributed by atoms with Crippen LogP contribution in [0.15, 0.2) is 85.0 Å². The van der Waals surface area contributed by atoms with Gasteiger partial charge in [0.05, 0.1) is 5.56 Å². The molecule has 2 aromatic rings. The zero-order valence-corrected chi connectivity index (χ0v) is 21.5. The second kappa shape index (κ2) is 12.3. The van der Waals surface area contributed by atoms with Crippen LogP contribution in [0.2, 0.25) is 0 Å². The van der Waals surface area contributed by atoms with Crippen LogP contribution < -0.4 is 18.9 Å². The fourth-order valence-corrected chi connectivity index (χ4v) is 2.56. The van der Waals surface area contributed by atoms with E-state index in [4.69, 9.17) is 18.9 Å². The van der Waals surface area contributed by atoms with Gasteiger partial charge in [-0.05, 0) is 58.0 Å². The third-order valence-electron chi connectivity index (χ3n) is 4.62. The van der Waals surface area contributed by atoms with Gasteiger partial charge < -0.3 is 18.9 Å². The Bertz CT molecular complexity index is 1410. The number of rotatable bonds is 10. The van der Waals surface area contributed by atoms with E-state index in [0.717, 1.165) is 0 Å². The van der Waals surface area contributed by atoms with E-state index < -0.39 is 29.7 Å². The third-order valence-corrected chi connectivity index (χ3v) is 4.62. The first-order chi connectivity index (χ1) is 17.7. The Labute approximate surface area is 219 Å². The highest BCUT2D eigenvalue weighted by Gasteiger charge is 2.23. The molecule has 0 atom stereocenters. The van der Waals surface area contributed by atoms with Gasteiger partial charge in [0.2, 0.25) is 0 Å². The SMILES string of the molecule is C=C(C)C(=O)Oc1ccc(C(=O)c2ccc(OC(=O)C(=C)C)c(OC(=O)C(=C)C)c2)c(OC(=O)C(=C)C)c1. The third kappa shape index (κ3) is 7.47. The highest BCUT2D eigenvalue weighted by Crippen LogP contribution is 2.33. The quantitative estimate of drug-likeness (QED) is 0.188. The average molecular weight is 519 g/mol. The van der Waals surface area contributed by atoms with Crippen LogP contribution in [0.1, 0.15) is 43.6 Å². The highest BCUT2D eigenvalue weighted by atomic mass is 16.6. The van der Waals surface area contributed by atoms with Gasteiger partial charge in [0.25, 0.3) is 0 Å². The molecule has 0 aliphatic carbocycles. The van der Waals surface area contributed by atoms with E-state index in [1.165, 1.54) is 64.1 Å². The van der Waals surface area contributed by atoms with Gasteiger partial charge in [0.1, 0.15) is 11.5 Å². The smallest absolute Gasteiger partial charge is 0.338 e. The van der Waals surface area contributed by atoms with Gasteiger partial charge in [0.15, 0.2) is 17.3 Å². The van der Waals surface area contributed by atoms with Crippen molar-refractivity contribution in [2.24, 2.45) is 0 Å². The molecule has 38 heavy (non-hydrogen) atoms. The Morgan fingerprint density at radius 2 is 0.974 bits per heavy atom. The molecular formula is C29H26O9. The van der Waals surface area contributed by atoms with E-state index in [9.17, 15) is 24.0 Å². The van der Waals surface area contributed by atoms with Crippen molar-refractivity contribution in [1.82, 2.24) is 0 Å². The number of esters is 4. The van der Waals surface area contributed by atoms with Crippen molar-refractivity contribution in [3.63, 3.8) is 0 Å². The molecule has 0 spiro atoms. The molecule has 0 fully saturated rings. The van der Waals surface area contributed by atoms with E-state index in [1.54, 1.807) is 0 Å². The molecule has 0 radical (unpaired) electrons. The molecule has 2 rings (SSSR count). The minimum Gasteiger partial charge on any atom is -0.423 e. The Hall–Kier alpha value is -5.05. The van der Waals surface area contributed by atoms with Gasteiger partial charge in [-0.25, -0.2) is 19.2 Å². The van der Waals surface area contributed by atoms with Crippen LogP contribution in [0.5, 0.6) is 23.0 Å².